The van der Waals surface area contributed by atoms with E-state index in [0.29, 0.717) is 29.2 Å². The molecule has 0 saturated carbocycles. The van der Waals surface area contributed by atoms with E-state index in [4.69, 9.17) is 0 Å². The Morgan fingerprint density at radius 2 is 2.00 bits per heavy atom. The van der Waals surface area contributed by atoms with Gasteiger partial charge in [0.2, 0.25) is 5.91 Å². The number of rotatable bonds is 6. The number of nitrogens with zero attached hydrogens (tertiary/aromatic N) is 2. The zero-order valence-electron chi connectivity index (χ0n) is 13.2. The highest BCUT2D eigenvalue weighted by atomic mass is 79.9. The van der Waals surface area contributed by atoms with Gasteiger partial charge in [-0.1, -0.05) is 30.3 Å². The summed E-state index contributed by atoms with van der Waals surface area (Å²) in [6.07, 6.45) is -0.523. The van der Waals surface area contributed by atoms with Gasteiger partial charge in [-0.2, -0.15) is 0 Å². The lowest BCUT2D eigenvalue weighted by Crippen LogP contribution is -2.32. The largest absolute Gasteiger partial charge is 0.392 e. The number of anilines is 2. The highest BCUT2D eigenvalue weighted by Gasteiger charge is 2.17. The summed E-state index contributed by atoms with van der Waals surface area (Å²) in [6.45, 7) is 4.18. The maximum absolute atomic E-state index is 11.4. The van der Waals surface area contributed by atoms with Crippen molar-refractivity contribution in [2.24, 2.45) is 0 Å². The van der Waals surface area contributed by atoms with Gasteiger partial charge < -0.3 is 15.3 Å². The van der Waals surface area contributed by atoms with Gasteiger partial charge in [0.15, 0.2) is 5.82 Å². The molecule has 0 saturated heterocycles. The van der Waals surface area contributed by atoms with Gasteiger partial charge in [0, 0.05) is 20.0 Å². The van der Waals surface area contributed by atoms with E-state index in [1.54, 1.807) is 19.1 Å². The molecule has 0 fully saturated rings. The minimum atomic E-state index is -0.523. The van der Waals surface area contributed by atoms with Crippen LogP contribution in [0.1, 0.15) is 19.4 Å². The molecular formula is C17H20BrN3O2. The van der Waals surface area contributed by atoms with Gasteiger partial charge in [0.1, 0.15) is 4.60 Å². The first-order valence-corrected chi connectivity index (χ1v) is 8.16. The first-order chi connectivity index (χ1) is 11.0. The topological polar surface area (TPSA) is 65.5 Å². The average molecular weight is 378 g/mol. The van der Waals surface area contributed by atoms with Crippen molar-refractivity contribution in [2.45, 2.75) is 26.5 Å². The standard InChI is InChI=1S/C17H20BrN3O2/c1-12(22)10-21(11-14-6-4-3-5-7-14)17-15(19-13(2)23)8-9-16(18)20-17/h3-9,12,22H,10-11H2,1-2H3,(H,19,23). The number of halogens is 1. The molecule has 2 N–H and O–H groups in total. The van der Waals surface area contributed by atoms with Gasteiger partial charge >= 0.3 is 0 Å². The van der Waals surface area contributed by atoms with E-state index < -0.39 is 6.10 Å². The molecular weight excluding hydrogens is 358 g/mol. The van der Waals surface area contributed by atoms with E-state index in [9.17, 15) is 9.90 Å². The third kappa shape index (κ3) is 5.33. The van der Waals surface area contributed by atoms with Crippen LogP contribution in [0.2, 0.25) is 0 Å². The third-order valence-electron chi connectivity index (χ3n) is 3.15. The molecule has 0 aliphatic heterocycles. The van der Waals surface area contributed by atoms with Crippen molar-refractivity contribution >= 4 is 33.3 Å². The molecule has 2 rings (SSSR count). The summed E-state index contributed by atoms with van der Waals surface area (Å²) in [6, 6.07) is 13.5. The Hall–Kier alpha value is -1.92. The van der Waals surface area contributed by atoms with Crippen LogP contribution in [-0.2, 0) is 11.3 Å². The molecule has 6 heteroatoms. The van der Waals surface area contributed by atoms with Crippen LogP contribution in [-0.4, -0.2) is 28.6 Å². The first-order valence-electron chi connectivity index (χ1n) is 7.37. The number of aliphatic hydroxyl groups excluding tert-OH is 1. The highest BCUT2D eigenvalue weighted by molar-refractivity contribution is 9.10. The lowest BCUT2D eigenvalue weighted by molar-refractivity contribution is -0.114. The molecule has 1 aromatic heterocycles. The number of carbonyl (C=O) groups is 1. The van der Waals surface area contributed by atoms with Crippen molar-refractivity contribution in [3.63, 3.8) is 0 Å². The Kier molecular flexibility index (Phi) is 6.12. The van der Waals surface area contributed by atoms with E-state index in [2.05, 4.69) is 26.2 Å². The van der Waals surface area contributed by atoms with Crippen LogP contribution in [0, 0.1) is 0 Å². The molecule has 1 aromatic carbocycles. The number of amides is 1. The summed E-state index contributed by atoms with van der Waals surface area (Å²) >= 11 is 3.37. The van der Waals surface area contributed by atoms with E-state index in [1.807, 2.05) is 35.2 Å². The predicted octanol–water partition coefficient (Wildman–Crippen LogP) is 3.19. The van der Waals surface area contributed by atoms with E-state index in [1.165, 1.54) is 6.92 Å². The second-order valence-corrected chi connectivity index (χ2v) is 6.21. The van der Waals surface area contributed by atoms with E-state index in [0.717, 1.165) is 5.56 Å². The lowest BCUT2D eigenvalue weighted by atomic mass is 10.2. The summed E-state index contributed by atoms with van der Waals surface area (Å²) in [4.78, 5) is 17.9. The van der Waals surface area contributed by atoms with E-state index >= 15 is 0 Å². The fourth-order valence-corrected chi connectivity index (χ4v) is 2.60. The van der Waals surface area contributed by atoms with Crippen LogP contribution in [0.5, 0.6) is 0 Å². The maximum atomic E-state index is 11.4. The quantitative estimate of drug-likeness (QED) is 0.758. The number of nitrogens with one attached hydrogen (secondary N) is 1. The van der Waals surface area contributed by atoms with Gasteiger partial charge in [0.25, 0.3) is 0 Å². The predicted molar refractivity (Wildman–Crippen MR) is 95.4 cm³/mol. The molecule has 1 unspecified atom stereocenters. The summed E-state index contributed by atoms with van der Waals surface area (Å²) in [5, 5.41) is 12.6. The average Bonchev–Trinajstić information content (AvgIpc) is 2.48. The van der Waals surface area contributed by atoms with Crippen LogP contribution in [0.15, 0.2) is 47.1 Å². The summed E-state index contributed by atoms with van der Waals surface area (Å²) < 4.78 is 0.672. The van der Waals surface area contributed by atoms with Gasteiger partial charge in [-0.3, -0.25) is 4.79 Å². The van der Waals surface area contributed by atoms with Crippen LogP contribution < -0.4 is 10.2 Å². The molecule has 0 spiro atoms. The van der Waals surface area contributed by atoms with Crippen molar-refractivity contribution in [2.75, 3.05) is 16.8 Å². The number of hydrogen-bond donors (Lipinski definition) is 2. The Morgan fingerprint density at radius 3 is 2.61 bits per heavy atom. The molecule has 0 aliphatic rings. The Labute approximate surface area is 144 Å². The van der Waals surface area contributed by atoms with Crippen LogP contribution in [0.4, 0.5) is 11.5 Å². The molecule has 2 aromatic rings. The van der Waals surface area contributed by atoms with Crippen molar-refractivity contribution in [3.8, 4) is 0 Å². The minimum absolute atomic E-state index is 0.160. The molecule has 0 bridgehead atoms. The SMILES string of the molecule is CC(=O)Nc1ccc(Br)nc1N(Cc1ccccc1)CC(C)O. The van der Waals surface area contributed by atoms with Gasteiger partial charge in [-0.05, 0) is 40.5 Å². The third-order valence-corrected chi connectivity index (χ3v) is 3.59. The fourth-order valence-electron chi connectivity index (χ4n) is 2.30. The normalized spacial score (nSPS) is 11.8. The molecule has 122 valence electrons. The number of aliphatic hydroxyl groups is 1. The second-order valence-electron chi connectivity index (χ2n) is 5.40. The summed E-state index contributed by atoms with van der Waals surface area (Å²) in [5.41, 5.74) is 1.72. The smallest absolute Gasteiger partial charge is 0.221 e. The number of carbonyl (C=O) groups excluding carboxylic acids is 1. The first kappa shape index (κ1) is 17.4. The van der Waals surface area contributed by atoms with Crippen molar-refractivity contribution < 1.29 is 9.90 Å². The monoisotopic (exact) mass is 377 g/mol. The van der Waals surface area contributed by atoms with Gasteiger partial charge in [-0.15, -0.1) is 0 Å². The van der Waals surface area contributed by atoms with Crippen molar-refractivity contribution in [3.05, 3.63) is 52.6 Å². The minimum Gasteiger partial charge on any atom is -0.392 e. The molecule has 1 atom stereocenters. The number of hydrogen-bond acceptors (Lipinski definition) is 4. The molecule has 1 amide bonds. The highest BCUT2D eigenvalue weighted by Crippen LogP contribution is 2.27. The Balaban J connectivity index is 2.37. The molecule has 0 aliphatic carbocycles. The molecule has 1 heterocycles. The van der Waals surface area contributed by atoms with Crippen LogP contribution in [0.3, 0.4) is 0 Å². The zero-order valence-corrected chi connectivity index (χ0v) is 14.7. The maximum Gasteiger partial charge on any atom is 0.221 e. The summed E-state index contributed by atoms with van der Waals surface area (Å²) in [5.74, 6) is 0.464. The van der Waals surface area contributed by atoms with Crippen LogP contribution in [0.25, 0.3) is 0 Å². The lowest BCUT2D eigenvalue weighted by Gasteiger charge is -2.27. The van der Waals surface area contributed by atoms with Crippen LogP contribution >= 0.6 is 15.9 Å². The van der Waals surface area contributed by atoms with Gasteiger partial charge in [0.05, 0.1) is 11.8 Å². The summed E-state index contributed by atoms with van der Waals surface area (Å²) in [7, 11) is 0. The Bertz CT molecular complexity index is 662. The number of aromatic nitrogens is 1. The molecule has 5 nitrogen and oxygen atoms in total. The fraction of sp³-hybridized carbons (Fsp3) is 0.294. The Morgan fingerprint density at radius 1 is 1.30 bits per heavy atom. The molecule has 23 heavy (non-hydrogen) atoms. The number of pyridine rings is 1. The van der Waals surface area contributed by atoms with Crippen molar-refractivity contribution in [1.82, 2.24) is 4.98 Å². The zero-order chi connectivity index (χ0) is 16.8. The van der Waals surface area contributed by atoms with E-state index in [-0.39, 0.29) is 5.91 Å². The second kappa shape index (κ2) is 8.08. The molecule has 0 radical (unpaired) electrons. The van der Waals surface area contributed by atoms with Gasteiger partial charge in [-0.25, -0.2) is 4.98 Å². The number of benzene rings is 1. The van der Waals surface area contributed by atoms with Crippen molar-refractivity contribution in [1.29, 1.82) is 0 Å².